The number of anilines is 2. The predicted octanol–water partition coefficient (Wildman–Crippen LogP) is 3.00. The quantitative estimate of drug-likeness (QED) is 0.736. The molecule has 1 amide bonds. The van der Waals surface area contributed by atoms with Gasteiger partial charge in [-0.25, -0.2) is 19.3 Å². The van der Waals surface area contributed by atoms with Crippen molar-refractivity contribution in [3.8, 4) is 0 Å². The van der Waals surface area contributed by atoms with E-state index in [1.807, 2.05) is 0 Å². The van der Waals surface area contributed by atoms with Crippen LogP contribution in [0.15, 0.2) is 30.9 Å². The SMILES string of the molecule is O=C(Nc1ccc(F)c(Cl)c1)[C@@H]1CCCN(c2ncnc3nc[nH]c23)C1. The van der Waals surface area contributed by atoms with E-state index < -0.39 is 5.82 Å². The number of hydrogen-bond donors (Lipinski definition) is 2. The molecule has 2 N–H and O–H groups in total. The molecule has 26 heavy (non-hydrogen) atoms. The van der Waals surface area contributed by atoms with Gasteiger partial charge >= 0.3 is 0 Å². The average Bonchev–Trinajstić information content (AvgIpc) is 3.13. The minimum atomic E-state index is -0.513. The highest BCUT2D eigenvalue weighted by Crippen LogP contribution is 2.27. The Morgan fingerprint density at radius 3 is 3.08 bits per heavy atom. The van der Waals surface area contributed by atoms with Crippen LogP contribution in [-0.4, -0.2) is 38.9 Å². The van der Waals surface area contributed by atoms with Gasteiger partial charge in [-0.05, 0) is 31.0 Å². The molecule has 0 aliphatic carbocycles. The molecule has 0 spiro atoms. The van der Waals surface area contributed by atoms with E-state index in [2.05, 4.69) is 30.2 Å². The van der Waals surface area contributed by atoms with E-state index in [1.165, 1.54) is 24.5 Å². The molecule has 3 heterocycles. The molecule has 1 atom stereocenters. The van der Waals surface area contributed by atoms with Crippen LogP contribution in [-0.2, 0) is 4.79 Å². The number of aromatic nitrogens is 4. The van der Waals surface area contributed by atoms with E-state index >= 15 is 0 Å². The molecular formula is C17H16ClFN6O. The number of nitrogens with one attached hydrogen (secondary N) is 2. The number of amides is 1. The fraction of sp³-hybridized carbons (Fsp3) is 0.294. The Hall–Kier alpha value is -2.74. The normalized spacial score (nSPS) is 17.5. The van der Waals surface area contributed by atoms with Gasteiger partial charge in [-0.3, -0.25) is 4.79 Å². The largest absolute Gasteiger partial charge is 0.354 e. The number of benzene rings is 1. The summed E-state index contributed by atoms with van der Waals surface area (Å²) in [4.78, 5) is 30.4. The number of aromatic amines is 1. The van der Waals surface area contributed by atoms with Crippen molar-refractivity contribution in [2.24, 2.45) is 5.92 Å². The summed E-state index contributed by atoms with van der Waals surface area (Å²) in [5.41, 5.74) is 1.85. The molecule has 0 unspecified atom stereocenters. The van der Waals surface area contributed by atoms with Gasteiger partial charge in [0.25, 0.3) is 0 Å². The van der Waals surface area contributed by atoms with Crippen molar-refractivity contribution in [2.45, 2.75) is 12.8 Å². The Morgan fingerprint density at radius 2 is 2.23 bits per heavy atom. The molecule has 3 aromatic rings. The number of carbonyl (C=O) groups is 1. The second-order valence-electron chi connectivity index (χ2n) is 6.20. The molecule has 1 saturated heterocycles. The van der Waals surface area contributed by atoms with E-state index in [4.69, 9.17) is 11.6 Å². The molecular weight excluding hydrogens is 359 g/mol. The Morgan fingerprint density at radius 1 is 1.35 bits per heavy atom. The van der Waals surface area contributed by atoms with Crippen molar-refractivity contribution in [1.82, 2.24) is 19.9 Å². The highest BCUT2D eigenvalue weighted by molar-refractivity contribution is 6.31. The molecule has 1 aliphatic rings. The number of rotatable bonds is 3. The van der Waals surface area contributed by atoms with E-state index in [-0.39, 0.29) is 16.8 Å². The Kier molecular flexibility index (Phi) is 4.42. The van der Waals surface area contributed by atoms with Crippen LogP contribution in [0.3, 0.4) is 0 Å². The first kappa shape index (κ1) is 16.7. The average molecular weight is 375 g/mol. The van der Waals surface area contributed by atoms with Gasteiger partial charge in [0, 0.05) is 18.8 Å². The van der Waals surface area contributed by atoms with Crippen molar-refractivity contribution in [3.63, 3.8) is 0 Å². The third-order valence-electron chi connectivity index (χ3n) is 4.48. The van der Waals surface area contributed by atoms with Crippen molar-refractivity contribution >= 4 is 40.2 Å². The second kappa shape index (κ2) is 6.87. The van der Waals surface area contributed by atoms with Gasteiger partial charge in [0.05, 0.1) is 17.3 Å². The number of nitrogens with zero attached hydrogens (tertiary/aromatic N) is 4. The summed E-state index contributed by atoms with van der Waals surface area (Å²) in [6.07, 6.45) is 4.69. The second-order valence-corrected chi connectivity index (χ2v) is 6.61. The first-order valence-electron chi connectivity index (χ1n) is 8.27. The Bertz CT molecular complexity index is 961. The summed E-state index contributed by atoms with van der Waals surface area (Å²) in [7, 11) is 0. The van der Waals surface area contributed by atoms with E-state index in [0.717, 1.165) is 30.7 Å². The number of piperidine rings is 1. The smallest absolute Gasteiger partial charge is 0.229 e. The molecule has 0 radical (unpaired) electrons. The summed E-state index contributed by atoms with van der Waals surface area (Å²) in [5, 5.41) is 2.80. The third kappa shape index (κ3) is 3.20. The third-order valence-corrected chi connectivity index (χ3v) is 4.77. The van der Waals surface area contributed by atoms with Gasteiger partial charge in [0.15, 0.2) is 11.5 Å². The maximum absolute atomic E-state index is 13.3. The van der Waals surface area contributed by atoms with Crippen molar-refractivity contribution in [1.29, 1.82) is 0 Å². The fourth-order valence-electron chi connectivity index (χ4n) is 3.19. The Balaban J connectivity index is 1.50. The number of hydrogen-bond acceptors (Lipinski definition) is 5. The summed E-state index contributed by atoms with van der Waals surface area (Å²) >= 11 is 5.77. The topological polar surface area (TPSA) is 86.8 Å². The lowest BCUT2D eigenvalue weighted by atomic mass is 9.97. The lowest BCUT2D eigenvalue weighted by Gasteiger charge is -2.32. The van der Waals surface area contributed by atoms with Crippen molar-refractivity contribution < 1.29 is 9.18 Å². The van der Waals surface area contributed by atoms with Crippen LogP contribution in [0.25, 0.3) is 11.2 Å². The number of halogens is 2. The number of imidazole rings is 1. The van der Waals surface area contributed by atoms with Crippen LogP contribution in [0, 0.1) is 11.7 Å². The molecule has 7 nitrogen and oxygen atoms in total. The maximum atomic E-state index is 13.3. The zero-order chi connectivity index (χ0) is 18.1. The predicted molar refractivity (Wildman–Crippen MR) is 96.7 cm³/mol. The molecule has 134 valence electrons. The summed E-state index contributed by atoms with van der Waals surface area (Å²) in [6.45, 7) is 1.34. The lowest BCUT2D eigenvalue weighted by molar-refractivity contribution is -0.120. The highest BCUT2D eigenvalue weighted by Gasteiger charge is 2.28. The molecule has 4 rings (SSSR count). The molecule has 2 aromatic heterocycles. The van der Waals surface area contributed by atoms with Gasteiger partial charge < -0.3 is 15.2 Å². The molecule has 9 heteroatoms. The minimum absolute atomic E-state index is 0.0179. The van der Waals surface area contributed by atoms with Crippen molar-refractivity contribution in [3.05, 3.63) is 41.7 Å². The van der Waals surface area contributed by atoms with Crippen LogP contribution in [0.5, 0.6) is 0 Å². The van der Waals surface area contributed by atoms with E-state index in [9.17, 15) is 9.18 Å². The number of fused-ring (bicyclic) bond motifs is 1. The first-order valence-corrected chi connectivity index (χ1v) is 8.64. The van der Waals surface area contributed by atoms with Crippen LogP contribution in [0.2, 0.25) is 5.02 Å². The van der Waals surface area contributed by atoms with E-state index in [1.54, 1.807) is 6.33 Å². The standard InChI is InChI=1S/C17H16ClFN6O/c18-12-6-11(3-4-13(12)19)24-17(26)10-2-1-5-25(7-10)16-14-15(21-8-20-14)22-9-23-16/h3-4,6,8-10H,1-2,5,7H2,(H,24,26)(H,20,21,22,23)/t10-/m1/s1. The van der Waals surface area contributed by atoms with Gasteiger partial charge in [0.2, 0.25) is 5.91 Å². The zero-order valence-electron chi connectivity index (χ0n) is 13.7. The van der Waals surface area contributed by atoms with Gasteiger partial charge in [-0.2, -0.15) is 0 Å². The molecule has 1 fully saturated rings. The monoisotopic (exact) mass is 374 g/mol. The maximum Gasteiger partial charge on any atom is 0.229 e. The summed E-state index contributed by atoms with van der Waals surface area (Å²) in [6, 6.07) is 4.15. The Labute approximate surface area is 153 Å². The van der Waals surface area contributed by atoms with Crippen LogP contribution in [0.4, 0.5) is 15.9 Å². The van der Waals surface area contributed by atoms with Gasteiger partial charge in [-0.15, -0.1) is 0 Å². The van der Waals surface area contributed by atoms with Crippen LogP contribution in [0.1, 0.15) is 12.8 Å². The molecule has 1 aromatic carbocycles. The number of H-pyrrole nitrogens is 1. The zero-order valence-corrected chi connectivity index (χ0v) is 14.5. The van der Waals surface area contributed by atoms with Crippen LogP contribution < -0.4 is 10.2 Å². The fourth-order valence-corrected chi connectivity index (χ4v) is 3.37. The molecule has 1 aliphatic heterocycles. The molecule has 0 bridgehead atoms. The minimum Gasteiger partial charge on any atom is -0.354 e. The van der Waals surface area contributed by atoms with Crippen LogP contribution >= 0.6 is 11.6 Å². The number of carbonyl (C=O) groups excluding carboxylic acids is 1. The van der Waals surface area contributed by atoms with Gasteiger partial charge in [-0.1, -0.05) is 11.6 Å². The summed E-state index contributed by atoms with van der Waals surface area (Å²) in [5.74, 6) is -0.0940. The first-order chi connectivity index (χ1) is 12.6. The van der Waals surface area contributed by atoms with Gasteiger partial charge in [0.1, 0.15) is 17.7 Å². The lowest BCUT2D eigenvalue weighted by Crippen LogP contribution is -2.41. The summed E-state index contributed by atoms with van der Waals surface area (Å²) < 4.78 is 13.3. The molecule has 0 saturated carbocycles. The highest BCUT2D eigenvalue weighted by atomic mass is 35.5. The van der Waals surface area contributed by atoms with Crippen molar-refractivity contribution in [2.75, 3.05) is 23.3 Å². The van der Waals surface area contributed by atoms with E-state index in [0.29, 0.717) is 17.9 Å².